The van der Waals surface area contributed by atoms with E-state index in [1.807, 2.05) is 11.8 Å². The van der Waals surface area contributed by atoms with E-state index in [1.54, 1.807) is 11.3 Å². The van der Waals surface area contributed by atoms with Crippen molar-refractivity contribution in [2.75, 3.05) is 5.75 Å². The van der Waals surface area contributed by atoms with Gasteiger partial charge in [-0.2, -0.15) is 11.8 Å². The average molecular weight is 238 g/mol. The molecule has 0 bridgehead atoms. The molecule has 0 unspecified atom stereocenters. The number of hydrogen-bond acceptors (Lipinski definition) is 3. The number of aryl methyl sites for hydroxylation is 1. The lowest BCUT2D eigenvalue weighted by molar-refractivity contribution is 0.0859. The van der Waals surface area contributed by atoms with Crippen molar-refractivity contribution in [1.82, 2.24) is 0 Å². The molecule has 0 atom stereocenters. The zero-order chi connectivity index (χ0) is 10.3. The van der Waals surface area contributed by atoms with Crippen LogP contribution in [0.3, 0.4) is 0 Å². The number of rotatable bonds is 2. The molecule has 0 radical (unpaired) electrons. The van der Waals surface area contributed by atoms with E-state index >= 15 is 0 Å². The molecule has 80 valence electrons. The first-order valence-corrected chi connectivity index (χ1v) is 7.55. The number of fused-ring (bicyclic) bond motifs is 1. The van der Waals surface area contributed by atoms with Crippen molar-refractivity contribution >= 4 is 28.9 Å². The highest BCUT2D eigenvalue weighted by molar-refractivity contribution is 7.98. The lowest BCUT2D eigenvalue weighted by Gasteiger charge is -2.22. The highest BCUT2D eigenvalue weighted by atomic mass is 32.2. The minimum atomic E-state index is 0.359. The summed E-state index contributed by atoms with van der Waals surface area (Å²) < 4.78 is 0. The van der Waals surface area contributed by atoms with Gasteiger partial charge in [-0.25, -0.2) is 0 Å². The van der Waals surface area contributed by atoms with E-state index in [0.717, 1.165) is 23.5 Å². The topological polar surface area (TPSA) is 17.1 Å². The molecule has 3 heteroatoms. The Hall–Kier alpha value is -0.280. The number of ketones is 1. The van der Waals surface area contributed by atoms with Gasteiger partial charge < -0.3 is 0 Å². The van der Waals surface area contributed by atoms with Gasteiger partial charge in [-0.1, -0.05) is 6.42 Å². The molecule has 0 spiro atoms. The molecule has 1 aromatic rings. The number of thioether (sulfide) groups is 1. The maximum atomic E-state index is 12.0. The van der Waals surface area contributed by atoms with Gasteiger partial charge in [0.1, 0.15) is 0 Å². The second-order valence-corrected chi connectivity index (χ2v) is 6.60. The largest absolute Gasteiger partial charge is 0.293 e. The Bertz CT molecular complexity index is 367. The van der Waals surface area contributed by atoms with E-state index in [4.69, 9.17) is 0 Å². The normalized spacial score (nSPS) is 20.8. The Morgan fingerprint density at radius 2 is 2.27 bits per heavy atom. The van der Waals surface area contributed by atoms with Gasteiger partial charge in [-0.05, 0) is 36.6 Å². The smallest absolute Gasteiger partial charge is 0.175 e. The van der Waals surface area contributed by atoms with Crippen molar-refractivity contribution in [1.29, 1.82) is 0 Å². The number of Topliss-reactive ketones (excluding diaryl/α,β-unsaturated/α-hetero) is 1. The maximum absolute atomic E-state index is 12.0. The van der Waals surface area contributed by atoms with Gasteiger partial charge in [0.25, 0.3) is 0 Å². The summed E-state index contributed by atoms with van der Waals surface area (Å²) in [6, 6.07) is 2.16. The van der Waals surface area contributed by atoms with Crippen LogP contribution in [-0.4, -0.2) is 11.5 Å². The van der Waals surface area contributed by atoms with Crippen LogP contribution in [0.5, 0.6) is 0 Å². The number of carbonyl (C=O) groups excluding carboxylic acids is 1. The Labute approximate surface area is 98.3 Å². The summed E-state index contributed by atoms with van der Waals surface area (Å²) in [5.41, 5.74) is 1.43. The number of carbonyl (C=O) groups is 1. The van der Waals surface area contributed by atoms with Gasteiger partial charge in [-0.15, -0.1) is 11.3 Å². The van der Waals surface area contributed by atoms with Crippen LogP contribution in [0.2, 0.25) is 0 Å². The molecule has 1 nitrogen and oxygen atoms in total. The minimum Gasteiger partial charge on any atom is -0.293 e. The molecule has 0 amide bonds. The first-order chi connectivity index (χ1) is 7.34. The Morgan fingerprint density at radius 3 is 2.93 bits per heavy atom. The zero-order valence-corrected chi connectivity index (χ0v) is 10.3. The fourth-order valence-electron chi connectivity index (χ4n) is 2.14. The molecular formula is C12H14OS2. The van der Waals surface area contributed by atoms with Crippen molar-refractivity contribution in [3.05, 3.63) is 21.4 Å². The van der Waals surface area contributed by atoms with Crippen molar-refractivity contribution in [2.45, 2.75) is 31.4 Å². The Balaban J connectivity index is 1.85. The highest BCUT2D eigenvalue weighted by Gasteiger charge is 2.28. The molecular weight excluding hydrogens is 224 g/mol. The highest BCUT2D eigenvalue weighted by Crippen LogP contribution is 2.36. The van der Waals surface area contributed by atoms with Crippen molar-refractivity contribution in [3.8, 4) is 0 Å². The summed E-state index contributed by atoms with van der Waals surface area (Å²) in [6.45, 7) is 0. The average Bonchev–Trinajstić information content (AvgIpc) is 2.58. The predicted octanol–water partition coefficient (Wildman–Crippen LogP) is 3.52. The summed E-state index contributed by atoms with van der Waals surface area (Å²) in [5.74, 6) is 3.12. The molecule has 1 saturated carbocycles. The Morgan fingerprint density at radius 1 is 1.40 bits per heavy atom. The van der Waals surface area contributed by atoms with Crippen LogP contribution >= 0.6 is 23.1 Å². The molecule has 3 rings (SSSR count). The minimum absolute atomic E-state index is 0.359. The van der Waals surface area contributed by atoms with Gasteiger partial charge in [-0.3, -0.25) is 4.79 Å². The first-order valence-electron chi connectivity index (χ1n) is 5.58. The van der Waals surface area contributed by atoms with Gasteiger partial charge >= 0.3 is 0 Å². The lowest BCUT2D eigenvalue weighted by atomic mass is 9.82. The fourth-order valence-corrected chi connectivity index (χ4v) is 4.53. The zero-order valence-electron chi connectivity index (χ0n) is 8.62. The molecule has 1 aliphatic heterocycles. The van der Waals surface area contributed by atoms with Gasteiger partial charge in [0, 0.05) is 16.5 Å². The van der Waals surface area contributed by atoms with Crippen molar-refractivity contribution < 1.29 is 4.79 Å². The first kappa shape index (κ1) is 9.91. The van der Waals surface area contributed by atoms with Crippen LogP contribution in [0.15, 0.2) is 6.07 Å². The van der Waals surface area contributed by atoms with E-state index in [9.17, 15) is 4.79 Å². The third kappa shape index (κ3) is 1.76. The van der Waals surface area contributed by atoms with Crippen LogP contribution < -0.4 is 0 Å². The monoisotopic (exact) mass is 238 g/mol. The van der Waals surface area contributed by atoms with Crippen LogP contribution in [0.1, 0.15) is 39.4 Å². The van der Waals surface area contributed by atoms with Crippen LogP contribution in [0.25, 0.3) is 0 Å². The van der Waals surface area contributed by atoms with E-state index in [-0.39, 0.29) is 0 Å². The van der Waals surface area contributed by atoms with Gasteiger partial charge in [0.2, 0.25) is 0 Å². The fraction of sp³-hybridized carbons (Fsp3) is 0.583. The summed E-state index contributed by atoms with van der Waals surface area (Å²) >= 11 is 3.74. The summed E-state index contributed by atoms with van der Waals surface area (Å²) in [6.07, 6.45) is 4.66. The molecule has 0 saturated heterocycles. The maximum Gasteiger partial charge on any atom is 0.175 e. The molecule has 1 fully saturated rings. The van der Waals surface area contributed by atoms with Gasteiger partial charge in [0.05, 0.1) is 4.88 Å². The standard InChI is InChI=1S/C12H14OS2/c13-12(8-2-1-3-8)11-6-9-7-14-5-4-10(9)15-11/h6,8H,1-5,7H2. The quantitative estimate of drug-likeness (QED) is 0.733. The second-order valence-electron chi connectivity index (χ2n) is 4.35. The van der Waals surface area contributed by atoms with Crippen LogP contribution in [0.4, 0.5) is 0 Å². The molecule has 1 aliphatic carbocycles. The van der Waals surface area contributed by atoms with Crippen LogP contribution in [0, 0.1) is 5.92 Å². The summed E-state index contributed by atoms with van der Waals surface area (Å²) in [5, 5.41) is 0. The van der Waals surface area contributed by atoms with Crippen molar-refractivity contribution in [3.63, 3.8) is 0 Å². The Kier molecular flexibility index (Phi) is 2.61. The number of thiophene rings is 1. The second kappa shape index (κ2) is 3.95. The predicted molar refractivity (Wildman–Crippen MR) is 65.9 cm³/mol. The van der Waals surface area contributed by atoms with E-state index in [1.165, 1.54) is 29.0 Å². The molecule has 0 N–H and O–H groups in total. The third-order valence-corrected chi connectivity index (χ3v) is 5.61. The lowest BCUT2D eigenvalue weighted by Crippen LogP contribution is -2.20. The number of hydrogen-bond donors (Lipinski definition) is 0. The third-order valence-electron chi connectivity index (χ3n) is 3.35. The molecule has 2 heterocycles. The molecule has 15 heavy (non-hydrogen) atoms. The molecule has 2 aliphatic rings. The SMILES string of the molecule is O=C(c1cc2c(s1)CCSC2)C1CCC1. The van der Waals surface area contributed by atoms with Crippen LogP contribution in [-0.2, 0) is 12.2 Å². The van der Waals surface area contributed by atoms with E-state index in [2.05, 4.69) is 6.07 Å². The van der Waals surface area contributed by atoms with E-state index < -0.39 is 0 Å². The molecule has 0 aromatic carbocycles. The van der Waals surface area contributed by atoms with Crippen molar-refractivity contribution in [2.24, 2.45) is 5.92 Å². The molecule has 1 aromatic heterocycles. The summed E-state index contributed by atoms with van der Waals surface area (Å²) in [4.78, 5) is 14.6. The summed E-state index contributed by atoms with van der Waals surface area (Å²) in [7, 11) is 0. The van der Waals surface area contributed by atoms with Gasteiger partial charge in [0.15, 0.2) is 5.78 Å². The van der Waals surface area contributed by atoms with E-state index in [0.29, 0.717) is 11.7 Å².